The van der Waals surface area contributed by atoms with Gasteiger partial charge < -0.3 is 10.6 Å². The molecule has 0 bridgehead atoms. The molecule has 2 heterocycles. The smallest absolute Gasteiger partial charge is 0.0951 e. The molecular weight excluding hydrogens is 248 g/mol. The molecule has 0 fully saturated rings. The summed E-state index contributed by atoms with van der Waals surface area (Å²) in [5.74, 6) is 0. The molecule has 2 N–H and O–H groups in total. The number of anilines is 2. The van der Waals surface area contributed by atoms with Gasteiger partial charge in [-0.25, -0.2) is 0 Å². The zero-order valence-electron chi connectivity index (χ0n) is 11.3. The minimum atomic E-state index is 0.708. The molecule has 0 spiro atoms. The van der Waals surface area contributed by atoms with Gasteiger partial charge in [-0.15, -0.1) is 0 Å². The van der Waals surface area contributed by atoms with Gasteiger partial charge in [0.05, 0.1) is 11.2 Å². The Morgan fingerprint density at radius 2 is 2.00 bits per heavy atom. The third-order valence-corrected chi connectivity index (χ3v) is 3.33. The Kier molecular flexibility index (Phi) is 3.21. The van der Waals surface area contributed by atoms with E-state index in [2.05, 4.69) is 28.0 Å². The predicted octanol–water partition coefficient (Wildman–Crippen LogP) is 2.85. The van der Waals surface area contributed by atoms with Crippen LogP contribution in [0.4, 0.5) is 11.4 Å². The lowest BCUT2D eigenvalue weighted by molar-refractivity contribution is 0.919. The van der Waals surface area contributed by atoms with E-state index in [0.29, 0.717) is 5.69 Å². The lowest BCUT2D eigenvalue weighted by atomic mass is 10.1. The highest BCUT2D eigenvalue weighted by Gasteiger charge is 2.08. The second-order valence-electron chi connectivity index (χ2n) is 4.79. The Bertz CT molecular complexity index is 725. The number of benzene rings is 1. The maximum absolute atomic E-state index is 5.99. The van der Waals surface area contributed by atoms with Gasteiger partial charge in [0.2, 0.25) is 0 Å². The van der Waals surface area contributed by atoms with Gasteiger partial charge in [0.1, 0.15) is 0 Å². The molecule has 100 valence electrons. The lowest BCUT2D eigenvalue weighted by Crippen LogP contribution is -2.17. The fourth-order valence-electron chi connectivity index (χ4n) is 2.37. The molecule has 1 aromatic carbocycles. The van der Waals surface area contributed by atoms with Gasteiger partial charge in [0.15, 0.2) is 0 Å². The first-order valence-electron chi connectivity index (χ1n) is 6.49. The van der Waals surface area contributed by atoms with Gasteiger partial charge in [-0.1, -0.05) is 18.2 Å². The fourth-order valence-corrected chi connectivity index (χ4v) is 2.37. The van der Waals surface area contributed by atoms with Crippen LogP contribution < -0.4 is 10.6 Å². The number of para-hydroxylation sites is 1. The average Bonchev–Trinajstić information content (AvgIpc) is 2.48. The van der Waals surface area contributed by atoms with E-state index in [4.69, 9.17) is 5.73 Å². The van der Waals surface area contributed by atoms with Crippen molar-refractivity contribution in [1.82, 2.24) is 9.97 Å². The minimum absolute atomic E-state index is 0.708. The molecule has 0 aliphatic carbocycles. The van der Waals surface area contributed by atoms with Crippen LogP contribution in [0.1, 0.15) is 5.56 Å². The molecule has 3 rings (SSSR count). The van der Waals surface area contributed by atoms with E-state index in [-0.39, 0.29) is 0 Å². The predicted molar refractivity (Wildman–Crippen MR) is 82.5 cm³/mol. The molecule has 0 unspecified atom stereocenters. The molecule has 0 aliphatic rings. The van der Waals surface area contributed by atoms with Crippen LogP contribution in [0.5, 0.6) is 0 Å². The monoisotopic (exact) mass is 264 g/mol. The third-order valence-electron chi connectivity index (χ3n) is 3.33. The van der Waals surface area contributed by atoms with Crippen molar-refractivity contribution in [2.24, 2.45) is 0 Å². The standard InChI is InChI=1S/C16H16N4/c1-20(11-12-4-3-8-18-10-12)15-7-9-19-16-13(15)5-2-6-14(16)17/h2-10H,11,17H2,1H3. The second-order valence-corrected chi connectivity index (χ2v) is 4.79. The number of aromatic nitrogens is 2. The Balaban J connectivity index is 2.00. The van der Waals surface area contributed by atoms with E-state index in [1.165, 1.54) is 5.56 Å². The number of fused-ring (bicyclic) bond motifs is 1. The molecule has 0 amide bonds. The van der Waals surface area contributed by atoms with Crippen molar-refractivity contribution in [1.29, 1.82) is 0 Å². The Labute approximate surface area is 117 Å². The number of pyridine rings is 2. The molecule has 20 heavy (non-hydrogen) atoms. The summed E-state index contributed by atoms with van der Waals surface area (Å²) in [5, 5.41) is 1.07. The summed E-state index contributed by atoms with van der Waals surface area (Å²) >= 11 is 0. The van der Waals surface area contributed by atoms with E-state index < -0.39 is 0 Å². The van der Waals surface area contributed by atoms with Crippen LogP contribution in [-0.2, 0) is 6.54 Å². The van der Waals surface area contributed by atoms with E-state index in [1.807, 2.05) is 36.5 Å². The molecule has 2 aromatic heterocycles. The van der Waals surface area contributed by atoms with Gasteiger partial charge in [-0.2, -0.15) is 0 Å². The van der Waals surface area contributed by atoms with Gasteiger partial charge in [0.25, 0.3) is 0 Å². The van der Waals surface area contributed by atoms with Crippen LogP contribution in [0.2, 0.25) is 0 Å². The molecular formula is C16H16N4. The van der Waals surface area contributed by atoms with Crippen molar-refractivity contribution in [3.05, 3.63) is 60.6 Å². The largest absolute Gasteiger partial charge is 0.397 e. The summed E-state index contributed by atoms with van der Waals surface area (Å²) in [6.45, 7) is 0.793. The fraction of sp³-hybridized carbons (Fsp3) is 0.125. The Morgan fingerprint density at radius 3 is 2.80 bits per heavy atom. The summed E-state index contributed by atoms with van der Waals surface area (Å²) in [6, 6.07) is 11.9. The highest BCUT2D eigenvalue weighted by Crippen LogP contribution is 2.28. The van der Waals surface area contributed by atoms with Gasteiger partial charge in [-0.3, -0.25) is 9.97 Å². The van der Waals surface area contributed by atoms with Crippen LogP contribution in [-0.4, -0.2) is 17.0 Å². The van der Waals surface area contributed by atoms with Gasteiger partial charge in [-0.05, 0) is 23.8 Å². The summed E-state index contributed by atoms with van der Waals surface area (Å²) < 4.78 is 0. The van der Waals surface area contributed by atoms with Crippen molar-refractivity contribution >= 4 is 22.3 Å². The van der Waals surface area contributed by atoms with Crippen molar-refractivity contribution in [2.45, 2.75) is 6.54 Å². The minimum Gasteiger partial charge on any atom is -0.397 e. The average molecular weight is 264 g/mol. The number of hydrogen-bond acceptors (Lipinski definition) is 4. The topological polar surface area (TPSA) is 55.0 Å². The van der Waals surface area contributed by atoms with Crippen LogP contribution in [0, 0.1) is 0 Å². The molecule has 0 atom stereocenters. The number of hydrogen-bond donors (Lipinski definition) is 1. The van der Waals surface area contributed by atoms with Crippen LogP contribution in [0.25, 0.3) is 10.9 Å². The molecule has 0 saturated carbocycles. The summed E-state index contributed by atoms with van der Waals surface area (Å²) in [7, 11) is 2.06. The third kappa shape index (κ3) is 2.28. The van der Waals surface area contributed by atoms with Crippen molar-refractivity contribution in [3.8, 4) is 0 Å². The molecule has 4 heteroatoms. The van der Waals surface area contributed by atoms with Crippen molar-refractivity contribution in [3.63, 3.8) is 0 Å². The summed E-state index contributed by atoms with van der Waals surface area (Å²) in [4.78, 5) is 10.7. The lowest BCUT2D eigenvalue weighted by Gasteiger charge is -2.21. The SMILES string of the molecule is CN(Cc1cccnc1)c1ccnc2c(N)cccc12. The zero-order chi connectivity index (χ0) is 13.9. The van der Waals surface area contributed by atoms with Crippen molar-refractivity contribution < 1.29 is 0 Å². The van der Waals surface area contributed by atoms with Crippen LogP contribution in [0.3, 0.4) is 0 Å². The number of nitrogen functional groups attached to an aromatic ring is 1. The molecule has 4 nitrogen and oxygen atoms in total. The van der Waals surface area contributed by atoms with Crippen LogP contribution in [0.15, 0.2) is 55.0 Å². The second kappa shape index (κ2) is 5.17. The first kappa shape index (κ1) is 12.4. The normalized spacial score (nSPS) is 10.7. The van der Waals surface area contributed by atoms with E-state index >= 15 is 0 Å². The van der Waals surface area contributed by atoms with E-state index in [0.717, 1.165) is 23.1 Å². The maximum atomic E-state index is 5.99. The maximum Gasteiger partial charge on any atom is 0.0951 e. The Hall–Kier alpha value is -2.62. The number of rotatable bonds is 3. The van der Waals surface area contributed by atoms with E-state index in [9.17, 15) is 0 Å². The van der Waals surface area contributed by atoms with E-state index in [1.54, 1.807) is 12.4 Å². The van der Waals surface area contributed by atoms with Crippen molar-refractivity contribution in [2.75, 3.05) is 17.7 Å². The first-order chi connectivity index (χ1) is 9.75. The highest BCUT2D eigenvalue weighted by molar-refractivity contribution is 5.97. The van der Waals surface area contributed by atoms with Crippen LogP contribution >= 0.6 is 0 Å². The Morgan fingerprint density at radius 1 is 1.10 bits per heavy atom. The summed E-state index contributed by atoms with van der Waals surface area (Å²) in [6.07, 6.45) is 5.47. The first-order valence-corrected chi connectivity index (χ1v) is 6.49. The van der Waals surface area contributed by atoms with Gasteiger partial charge in [0, 0.05) is 43.3 Å². The number of nitrogens with zero attached hydrogens (tertiary/aromatic N) is 3. The van der Waals surface area contributed by atoms with Gasteiger partial charge >= 0.3 is 0 Å². The highest BCUT2D eigenvalue weighted by atomic mass is 15.1. The zero-order valence-corrected chi connectivity index (χ0v) is 11.3. The molecule has 0 radical (unpaired) electrons. The molecule has 0 saturated heterocycles. The molecule has 3 aromatic rings. The number of nitrogens with two attached hydrogens (primary N) is 1. The summed E-state index contributed by atoms with van der Waals surface area (Å²) in [5.41, 5.74) is 9.83. The quantitative estimate of drug-likeness (QED) is 0.739. The molecule has 0 aliphatic heterocycles.